The zero-order valence-electron chi connectivity index (χ0n) is 10.1. The minimum absolute atomic E-state index is 0.0428. The van der Waals surface area contributed by atoms with Gasteiger partial charge in [-0.25, -0.2) is 13.1 Å². The highest BCUT2D eigenvalue weighted by Gasteiger charge is 2.13. The molecule has 1 rings (SSSR count). The monoisotopic (exact) mass is 273 g/mol. The zero-order valence-corrected chi connectivity index (χ0v) is 10.9. The summed E-state index contributed by atoms with van der Waals surface area (Å²) in [6, 6.07) is 4.19. The minimum atomic E-state index is -3.52. The summed E-state index contributed by atoms with van der Waals surface area (Å²) in [5.41, 5.74) is 6.39. The SMILES string of the molecule is CNS(=O)(=O)c1ccc(NCC(=O)OC)c(N)c1. The van der Waals surface area contributed by atoms with Crippen molar-refractivity contribution in [3.63, 3.8) is 0 Å². The lowest BCUT2D eigenvalue weighted by molar-refractivity contribution is -0.138. The topological polar surface area (TPSA) is 111 Å². The Bertz CT molecular complexity index is 542. The van der Waals surface area contributed by atoms with Crippen molar-refractivity contribution in [1.82, 2.24) is 4.72 Å². The van der Waals surface area contributed by atoms with Crippen molar-refractivity contribution in [2.45, 2.75) is 4.90 Å². The maximum Gasteiger partial charge on any atom is 0.325 e. The molecule has 0 spiro atoms. The molecule has 100 valence electrons. The van der Waals surface area contributed by atoms with E-state index in [1.54, 1.807) is 0 Å². The highest BCUT2D eigenvalue weighted by molar-refractivity contribution is 7.89. The van der Waals surface area contributed by atoms with Crippen LogP contribution in [0.25, 0.3) is 0 Å². The number of nitrogens with two attached hydrogens (primary N) is 1. The molecule has 0 heterocycles. The number of hydrogen-bond donors (Lipinski definition) is 3. The summed E-state index contributed by atoms with van der Waals surface area (Å²) >= 11 is 0. The first-order valence-corrected chi connectivity index (χ1v) is 6.53. The molecule has 0 amide bonds. The normalized spacial score (nSPS) is 11.0. The average molecular weight is 273 g/mol. The van der Waals surface area contributed by atoms with Crippen LogP contribution in [-0.4, -0.2) is 35.1 Å². The minimum Gasteiger partial charge on any atom is -0.468 e. The number of nitrogen functional groups attached to an aromatic ring is 1. The fourth-order valence-corrected chi connectivity index (χ4v) is 1.99. The molecule has 7 nitrogen and oxygen atoms in total. The van der Waals surface area contributed by atoms with Crippen molar-refractivity contribution in [3.05, 3.63) is 18.2 Å². The number of anilines is 2. The molecule has 0 saturated carbocycles. The molecule has 0 bridgehead atoms. The Balaban J connectivity index is 2.90. The molecule has 1 aromatic carbocycles. The van der Waals surface area contributed by atoms with E-state index in [2.05, 4.69) is 14.8 Å². The van der Waals surface area contributed by atoms with Gasteiger partial charge in [0.1, 0.15) is 6.54 Å². The van der Waals surface area contributed by atoms with Crippen molar-refractivity contribution in [1.29, 1.82) is 0 Å². The number of methoxy groups -OCH3 is 1. The fraction of sp³-hybridized carbons (Fsp3) is 0.300. The number of benzene rings is 1. The van der Waals surface area contributed by atoms with Crippen molar-refractivity contribution < 1.29 is 17.9 Å². The molecule has 0 radical (unpaired) electrons. The van der Waals surface area contributed by atoms with Crippen molar-refractivity contribution in [3.8, 4) is 0 Å². The van der Waals surface area contributed by atoms with Gasteiger partial charge in [-0.05, 0) is 25.2 Å². The second-order valence-corrected chi connectivity index (χ2v) is 5.27. The zero-order chi connectivity index (χ0) is 13.8. The third-order valence-corrected chi connectivity index (χ3v) is 3.66. The fourth-order valence-electron chi connectivity index (χ4n) is 1.23. The molecule has 0 saturated heterocycles. The van der Waals surface area contributed by atoms with Crippen LogP contribution in [0.15, 0.2) is 23.1 Å². The summed E-state index contributed by atoms with van der Waals surface area (Å²) in [5, 5.41) is 2.75. The highest BCUT2D eigenvalue weighted by Crippen LogP contribution is 2.22. The predicted octanol–water partition coefficient (Wildman–Crippen LogP) is -0.238. The molecule has 0 aliphatic carbocycles. The van der Waals surface area contributed by atoms with Crippen molar-refractivity contribution in [2.75, 3.05) is 31.8 Å². The van der Waals surface area contributed by atoms with Crippen LogP contribution < -0.4 is 15.8 Å². The maximum atomic E-state index is 11.5. The van der Waals surface area contributed by atoms with Crippen LogP contribution in [0.1, 0.15) is 0 Å². The van der Waals surface area contributed by atoms with Gasteiger partial charge in [0.05, 0.1) is 23.4 Å². The van der Waals surface area contributed by atoms with Gasteiger partial charge in [0.25, 0.3) is 0 Å². The lowest BCUT2D eigenvalue weighted by Gasteiger charge is -2.10. The summed E-state index contributed by atoms with van der Waals surface area (Å²) in [5.74, 6) is -0.443. The number of esters is 1. The quantitative estimate of drug-likeness (QED) is 0.504. The second kappa shape index (κ2) is 5.69. The summed E-state index contributed by atoms with van der Waals surface area (Å²) < 4.78 is 29.7. The van der Waals surface area contributed by atoms with Gasteiger partial charge in [-0.1, -0.05) is 0 Å². The van der Waals surface area contributed by atoms with E-state index in [-0.39, 0.29) is 17.1 Å². The van der Waals surface area contributed by atoms with Gasteiger partial charge in [-0.15, -0.1) is 0 Å². The van der Waals surface area contributed by atoms with Crippen LogP contribution in [-0.2, 0) is 19.6 Å². The Labute approximate surface area is 105 Å². The Morgan fingerprint density at radius 2 is 2.11 bits per heavy atom. The maximum absolute atomic E-state index is 11.5. The first-order chi connectivity index (χ1) is 8.40. The molecule has 18 heavy (non-hydrogen) atoms. The summed E-state index contributed by atoms with van der Waals surface area (Å²) in [7, 11) is -0.935. The third kappa shape index (κ3) is 3.34. The molecule has 0 atom stereocenters. The lowest BCUT2D eigenvalue weighted by Crippen LogP contribution is -2.19. The first kappa shape index (κ1) is 14.3. The van der Waals surface area contributed by atoms with Crippen LogP contribution in [0.2, 0.25) is 0 Å². The standard InChI is InChI=1S/C10H15N3O4S/c1-12-18(15,16)7-3-4-9(8(11)5-7)13-6-10(14)17-2/h3-5,12-13H,6,11H2,1-2H3. The Kier molecular flexibility index (Phi) is 4.51. The van der Waals surface area contributed by atoms with E-state index in [0.717, 1.165) is 0 Å². The van der Waals surface area contributed by atoms with E-state index in [9.17, 15) is 13.2 Å². The molecular formula is C10H15N3O4S. The number of ether oxygens (including phenoxy) is 1. The molecule has 0 aromatic heterocycles. The number of carbonyl (C=O) groups excluding carboxylic acids is 1. The molecule has 8 heteroatoms. The van der Waals surface area contributed by atoms with E-state index in [4.69, 9.17) is 5.73 Å². The smallest absolute Gasteiger partial charge is 0.325 e. The van der Waals surface area contributed by atoms with Crippen LogP contribution in [0.4, 0.5) is 11.4 Å². The first-order valence-electron chi connectivity index (χ1n) is 5.04. The largest absolute Gasteiger partial charge is 0.468 e. The van der Waals surface area contributed by atoms with Crippen LogP contribution in [0, 0.1) is 0 Å². The molecule has 4 N–H and O–H groups in total. The number of hydrogen-bond acceptors (Lipinski definition) is 6. The Morgan fingerprint density at radius 3 is 2.61 bits per heavy atom. The molecule has 0 fully saturated rings. The second-order valence-electron chi connectivity index (χ2n) is 3.39. The van der Waals surface area contributed by atoms with Gasteiger partial charge < -0.3 is 15.8 Å². The van der Waals surface area contributed by atoms with E-state index in [1.165, 1.54) is 32.4 Å². The third-order valence-electron chi connectivity index (χ3n) is 2.25. The van der Waals surface area contributed by atoms with Crippen LogP contribution in [0.3, 0.4) is 0 Å². The van der Waals surface area contributed by atoms with E-state index in [0.29, 0.717) is 5.69 Å². The number of sulfonamides is 1. The highest BCUT2D eigenvalue weighted by atomic mass is 32.2. The molecule has 0 aliphatic heterocycles. The van der Waals surface area contributed by atoms with Gasteiger partial charge in [-0.2, -0.15) is 0 Å². The van der Waals surface area contributed by atoms with E-state index < -0.39 is 16.0 Å². The van der Waals surface area contributed by atoms with Crippen molar-refractivity contribution >= 4 is 27.4 Å². The van der Waals surface area contributed by atoms with Gasteiger partial charge >= 0.3 is 5.97 Å². The summed E-state index contributed by atoms with van der Waals surface area (Å²) in [6.45, 7) is -0.0428. The van der Waals surface area contributed by atoms with Crippen molar-refractivity contribution in [2.24, 2.45) is 0 Å². The Morgan fingerprint density at radius 1 is 1.44 bits per heavy atom. The van der Waals surface area contributed by atoms with Crippen LogP contribution in [0.5, 0.6) is 0 Å². The van der Waals surface area contributed by atoms with E-state index >= 15 is 0 Å². The number of rotatable bonds is 5. The summed E-state index contributed by atoms with van der Waals surface area (Å²) in [4.78, 5) is 11.0. The Hall–Kier alpha value is -1.80. The molecule has 0 unspecified atom stereocenters. The molecule has 0 aliphatic rings. The van der Waals surface area contributed by atoms with Gasteiger partial charge in [0.15, 0.2) is 0 Å². The van der Waals surface area contributed by atoms with E-state index in [1.807, 2.05) is 0 Å². The lowest BCUT2D eigenvalue weighted by atomic mass is 10.2. The van der Waals surface area contributed by atoms with Crippen LogP contribution >= 0.6 is 0 Å². The van der Waals surface area contributed by atoms with Gasteiger partial charge in [0.2, 0.25) is 10.0 Å². The summed E-state index contributed by atoms with van der Waals surface area (Å²) in [6.07, 6.45) is 0. The van der Waals surface area contributed by atoms with Gasteiger partial charge in [0, 0.05) is 0 Å². The molecular weight excluding hydrogens is 258 g/mol. The number of carbonyl (C=O) groups is 1. The predicted molar refractivity (Wildman–Crippen MR) is 67.6 cm³/mol. The van der Waals surface area contributed by atoms with Gasteiger partial charge in [-0.3, -0.25) is 4.79 Å². The molecule has 1 aromatic rings. The average Bonchev–Trinajstić information content (AvgIpc) is 2.36. The number of nitrogens with one attached hydrogen (secondary N) is 2.